The number of carbonyl (C=O) groups excluding carboxylic acids is 1. The fourth-order valence-electron chi connectivity index (χ4n) is 5.67. The molecule has 254 valence electrons. The van der Waals surface area contributed by atoms with Crippen LogP contribution in [0.25, 0.3) is 22.2 Å². The van der Waals surface area contributed by atoms with E-state index in [1.54, 1.807) is 36.4 Å². The van der Waals surface area contributed by atoms with Gasteiger partial charge in [-0.05, 0) is 59.4 Å². The number of anilines is 2. The smallest absolute Gasteiger partial charge is 0.423 e. The summed E-state index contributed by atoms with van der Waals surface area (Å²) in [5.41, 5.74) is 3.82. The first-order chi connectivity index (χ1) is 23.6. The van der Waals surface area contributed by atoms with E-state index in [4.69, 9.17) is 4.74 Å². The van der Waals surface area contributed by atoms with Crippen LogP contribution < -0.4 is 15.5 Å². The summed E-state index contributed by atoms with van der Waals surface area (Å²) in [6.45, 7) is 5.22. The van der Waals surface area contributed by atoms with E-state index in [0.29, 0.717) is 61.1 Å². The number of piperazine rings is 1. The van der Waals surface area contributed by atoms with Gasteiger partial charge < -0.3 is 34.3 Å². The van der Waals surface area contributed by atoms with Crippen molar-refractivity contribution in [2.24, 2.45) is 0 Å². The number of benzene rings is 3. The second kappa shape index (κ2) is 15.1. The number of hydrogen-bond donors (Lipinski definition) is 3. The summed E-state index contributed by atoms with van der Waals surface area (Å²) in [5, 5.41) is 22.8. The second-order valence-corrected chi connectivity index (χ2v) is 11.5. The molecule has 5 aromatic rings. The van der Waals surface area contributed by atoms with E-state index in [2.05, 4.69) is 29.5 Å². The Morgan fingerprint density at radius 2 is 1.67 bits per heavy atom. The molecule has 1 saturated heterocycles. The first kappa shape index (κ1) is 33.9. The van der Waals surface area contributed by atoms with Crippen LogP contribution >= 0.6 is 0 Å². The first-order valence-corrected chi connectivity index (χ1v) is 15.7. The number of nitrogens with one attached hydrogen (secondary N) is 1. The van der Waals surface area contributed by atoms with E-state index < -0.39 is 13.5 Å². The van der Waals surface area contributed by atoms with Crippen molar-refractivity contribution in [1.82, 2.24) is 24.3 Å². The Balaban J connectivity index is 0.958. The van der Waals surface area contributed by atoms with Gasteiger partial charge in [0, 0.05) is 73.9 Å². The summed E-state index contributed by atoms with van der Waals surface area (Å²) >= 11 is 0. The summed E-state index contributed by atoms with van der Waals surface area (Å²) in [6.07, 6.45) is -1.43. The van der Waals surface area contributed by atoms with E-state index >= 15 is 0 Å². The third kappa shape index (κ3) is 8.94. The molecule has 3 heterocycles. The highest BCUT2D eigenvalue weighted by molar-refractivity contribution is 6.58. The Kier molecular flexibility index (Phi) is 10.4. The van der Waals surface area contributed by atoms with Crippen molar-refractivity contribution < 1.29 is 37.5 Å². The fraction of sp³-hybridized carbons (Fsp3) is 0.265. The molecule has 1 amide bonds. The van der Waals surface area contributed by atoms with Crippen molar-refractivity contribution in [1.29, 1.82) is 0 Å². The number of amides is 1. The van der Waals surface area contributed by atoms with Gasteiger partial charge in [0.25, 0.3) is 5.91 Å². The molecule has 2 aromatic heterocycles. The van der Waals surface area contributed by atoms with Crippen LogP contribution in [0.2, 0.25) is 0 Å². The zero-order valence-electron chi connectivity index (χ0n) is 26.4. The summed E-state index contributed by atoms with van der Waals surface area (Å²) in [7, 11) is -1.49. The Bertz CT molecular complexity index is 1880. The van der Waals surface area contributed by atoms with Gasteiger partial charge in [0.15, 0.2) is 0 Å². The average molecular weight is 674 g/mol. The number of fused-ring (bicyclic) bond motifs is 1. The summed E-state index contributed by atoms with van der Waals surface area (Å²) in [6, 6.07) is 21.5. The molecule has 0 spiro atoms. The fourth-order valence-corrected chi connectivity index (χ4v) is 5.67. The van der Waals surface area contributed by atoms with Gasteiger partial charge in [-0.1, -0.05) is 24.3 Å². The Morgan fingerprint density at radius 1 is 0.898 bits per heavy atom. The second-order valence-electron chi connectivity index (χ2n) is 11.5. The van der Waals surface area contributed by atoms with Crippen LogP contribution in [0.5, 0.6) is 5.75 Å². The lowest BCUT2D eigenvalue weighted by Crippen LogP contribution is -2.49. The van der Waals surface area contributed by atoms with Crippen LogP contribution in [0.15, 0.2) is 91.4 Å². The molecular weight excluding hydrogens is 640 g/mol. The zero-order chi connectivity index (χ0) is 34.4. The Morgan fingerprint density at radius 3 is 2.43 bits per heavy atom. The van der Waals surface area contributed by atoms with Crippen molar-refractivity contribution in [2.75, 3.05) is 51.3 Å². The van der Waals surface area contributed by atoms with Crippen LogP contribution in [0.4, 0.5) is 24.7 Å². The molecule has 0 unspecified atom stereocenters. The molecule has 15 heteroatoms. The molecule has 0 atom stereocenters. The number of ether oxygens (including phenoxy) is 2. The molecule has 1 fully saturated rings. The quantitative estimate of drug-likeness (QED) is 0.134. The molecule has 49 heavy (non-hydrogen) atoms. The minimum absolute atomic E-state index is 0.0640. The van der Waals surface area contributed by atoms with Crippen LogP contribution in [-0.2, 0) is 11.3 Å². The van der Waals surface area contributed by atoms with Crippen molar-refractivity contribution in [3.8, 4) is 17.0 Å². The third-order valence-corrected chi connectivity index (χ3v) is 8.21. The van der Waals surface area contributed by atoms with Crippen molar-refractivity contribution in [3.63, 3.8) is 0 Å². The summed E-state index contributed by atoms with van der Waals surface area (Å²) < 4.78 is 49.2. The molecule has 6 rings (SSSR count). The number of nitrogens with zero attached hydrogens (tertiary/aromatic N) is 5. The number of aromatic nitrogens is 3. The molecule has 3 aromatic carbocycles. The highest BCUT2D eigenvalue weighted by Crippen LogP contribution is 2.26. The van der Waals surface area contributed by atoms with Gasteiger partial charge in [-0.3, -0.25) is 9.69 Å². The van der Waals surface area contributed by atoms with Gasteiger partial charge >= 0.3 is 13.5 Å². The average Bonchev–Trinajstić information content (AvgIpc) is 3.50. The molecule has 1 aliphatic rings. The number of alkyl halides is 3. The standard InChI is InChI=1S/C34H34BF3N6O5/c36-34(37,38)49-29-7-5-28(6-8-29)41-32-22-30(39-23-40-32)24-2-1-3-26(20-24)33(45)44-14-12-42(13-15-44)16-18-48-19-17-43-11-10-25-21-27(35(46)47)4-9-31(25)43/h1-11,20-23,46-47H,12-19H2,(H,39,40,41). The van der Waals surface area contributed by atoms with Gasteiger partial charge in [0.1, 0.15) is 17.9 Å². The molecule has 0 bridgehead atoms. The van der Waals surface area contributed by atoms with Crippen LogP contribution in [0.1, 0.15) is 10.4 Å². The van der Waals surface area contributed by atoms with E-state index in [1.807, 2.05) is 29.3 Å². The van der Waals surface area contributed by atoms with E-state index in [1.165, 1.54) is 30.6 Å². The minimum atomic E-state index is -4.76. The van der Waals surface area contributed by atoms with E-state index in [-0.39, 0.29) is 11.7 Å². The summed E-state index contributed by atoms with van der Waals surface area (Å²) in [4.78, 5) is 26.1. The lowest BCUT2D eigenvalue weighted by Gasteiger charge is -2.34. The van der Waals surface area contributed by atoms with Gasteiger partial charge in [0.05, 0.1) is 18.9 Å². The number of rotatable bonds is 12. The molecule has 11 nitrogen and oxygen atoms in total. The predicted molar refractivity (Wildman–Crippen MR) is 179 cm³/mol. The number of carbonyl (C=O) groups is 1. The highest BCUT2D eigenvalue weighted by Gasteiger charge is 2.31. The first-order valence-electron chi connectivity index (χ1n) is 15.7. The van der Waals surface area contributed by atoms with Gasteiger partial charge in [-0.2, -0.15) is 0 Å². The SMILES string of the molecule is O=C(c1cccc(-c2cc(Nc3ccc(OC(F)(F)F)cc3)ncn2)c1)N1CCN(CCOCCn2ccc3cc(B(O)O)ccc32)CC1. The number of halogens is 3. The molecular formula is C34H34BF3N6O5. The number of hydrogen-bond acceptors (Lipinski definition) is 9. The third-order valence-electron chi connectivity index (χ3n) is 8.21. The normalized spacial score (nSPS) is 13.9. The lowest BCUT2D eigenvalue weighted by molar-refractivity contribution is -0.274. The Labute approximate surface area is 280 Å². The minimum Gasteiger partial charge on any atom is -0.423 e. The van der Waals surface area contributed by atoms with E-state index in [0.717, 1.165) is 36.1 Å². The largest absolute Gasteiger partial charge is 0.573 e. The molecule has 1 aliphatic heterocycles. The molecule has 0 saturated carbocycles. The monoisotopic (exact) mass is 674 g/mol. The van der Waals surface area contributed by atoms with Crippen LogP contribution in [0.3, 0.4) is 0 Å². The lowest BCUT2D eigenvalue weighted by atomic mass is 9.80. The highest BCUT2D eigenvalue weighted by atomic mass is 19.4. The van der Waals surface area contributed by atoms with Crippen molar-refractivity contribution >= 4 is 40.9 Å². The van der Waals surface area contributed by atoms with E-state index in [9.17, 15) is 28.0 Å². The van der Waals surface area contributed by atoms with Gasteiger partial charge in [0.2, 0.25) is 0 Å². The maximum absolute atomic E-state index is 13.4. The van der Waals surface area contributed by atoms with Crippen molar-refractivity contribution in [2.45, 2.75) is 12.9 Å². The van der Waals surface area contributed by atoms with Gasteiger partial charge in [-0.25, -0.2) is 9.97 Å². The predicted octanol–water partition coefficient (Wildman–Crippen LogP) is 3.89. The topological polar surface area (TPSA) is 125 Å². The maximum Gasteiger partial charge on any atom is 0.573 e. The van der Waals surface area contributed by atoms with Gasteiger partial charge in [-0.15, -0.1) is 13.2 Å². The zero-order valence-corrected chi connectivity index (χ0v) is 26.4. The molecule has 0 radical (unpaired) electrons. The maximum atomic E-state index is 13.4. The molecule has 0 aliphatic carbocycles. The Hall–Kier alpha value is -4.96. The molecule has 3 N–H and O–H groups in total. The van der Waals surface area contributed by atoms with Crippen molar-refractivity contribution in [3.05, 3.63) is 97.0 Å². The van der Waals surface area contributed by atoms with Crippen LogP contribution in [-0.4, -0.2) is 99.7 Å². The summed E-state index contributed by atoms with van der Waals surface area (Å²) in [5.74, 6) is 0.0464. The van der Waals surface area contributed by atoms with Crippen LogP contribution in [0, 0.1) is 0 Å².